The Morgan fingerprint density at radius 1 is 0.943 bits per heavy atom. The van der Waals surface area contributed by atoms with Gasteiger partial charge in [0.2, 0.25) is 0 Å². The lowest BCUT2D eigenvalue weighted by Crippen LogP contribution is -2.14. The van der Waals surface area contributed by atoms with Crippen molar-refractivity contribution in [2.24, 2.45) is 0 Å². The molecule has 0 aliphatic carbocycles. The number of hydrogen-bond donors (Lipinski definition) is 1. The van der Waals surface area contributed by atoms with E-state index in [0.717, 1.165) is 5.56 Å². The van der Waals surface area contributed by atoms with E-state index in [1.807, 2.05) is 24.3 Å². The zero-order valence-corrected chi connectivity index (χ0v) is 20.7. The van der Waals surface area contributed by atoms with Crippen LogP contribution in [0.3, 0.4) is 0 Å². The summed E-state index contributed by atoms with van der Waals surface area (Å²) in [6, 6.07) is 17.4. The maximum absolute atomic E-state index is 12.8. The van der Waals surface area contributed by atoms with E-state index in [-0.39, 0.29) is 5.57 Å². The summed E-state index contributed by atoms with van der Waals surface area (Å²) >= 11 is 12.1. The van der Waals surface area contributed by atoms with E-state index in [1.165, 1.54) is 39.5 Å². The molecule has 0 fully saturated rings. The predicted octanol–water partition coefficient (Wildman–Crippen LogP) is 6.14. The third kappa shape index (κ3) is 6.60. The SMILES string of the molecule is COc1cc(NC(=O)/C(C#N)=C/c2ccc(OCc3cccc(Cl)c3)c(OC)c2)c(OC)cc1Cl. The molecule has 0 radical (unpaired) electrons. The molecule has 0 atom stereocenters. The number of benzene rings is 3. The third-order valence-electron chi connectivity index (χ3n) is 4.87. The first-order valence-corrected chi connectivity index (χ1v) is 11.0. The zero-order chi connectivity index (χ0) is 25.4. The Morgan fingerprint density at radius 2 is 1.69 bits per heavy atom. The Kier molecular flexibility index (Phi) is 8.85. The monoisotopic (exact) mass is 512 g/mol. The molecule has 0 saturated carbocycles. The van der Waals surface area contributed by atoms with Crippen molar-refractivity contribution in [1.29, 1.82) is 5.26 Å². The molecule has 0 saturated heterocycles. The van der Waals surface area contributed by atoms with Gasteiger partial charge in [0.25, 0.3) is 5.91 Å². The lowest BCUT2D eigenvalue weighted by atomic mass is 10.1. The second-order valence-electron chi connectivity index (χ2n) is 7.14. The molecule has 1 N–H and O–H groups in total. The van der Waals surface area contributed by atoms with Crippen LogP contribution in [0.1, 0.15) is 11.1 Å². The second-order valence-corrected chi connectivity index (χ2v) is 7.98. The van der Waals surface area contributed by atoms with E-state index < -0.39 is 5.91 Å². The van der Waals surface area contributed by atoms with Crippen LogP contribution in [0.5, 0.6) is 23.0 Å². The van der Waals surface area contributed by atoms with E-state index in [2.05, 4.69) is 5.32 Å². The number of anilines is 1. The van der Waals surface area contributed by atoms with Crippen LogP contribution in [0.4, 0.5) is 5.69 Å². The highest BCUT2D eigenvalue weighted by atomic mass is 35.5. The maximum Gasteiger partial charge on any atom is 0.266 e. The Balaban J connectivity index is 1.80. The van der Waals surface area contributed by atoms with Crippen molar-refractivity contribution in [3.8, 4) is 29.1 Å². The molecule has 7 nitrogen and oxygen atoms in total. The predicted molar refractivity (Wildman–Crippen MR) is 136 cm³/mol. The normalized spacial score (nSPS) is 10.8. The summed E-state index contributed by atoms with van der Waals surface area (Å²) in [6.45, 7) is 0.296. The number of ether oxygens (including phenoxy) is 4. The largest absolute Gasteiger partial charge is 0.495 e. The number of amides is 1. The van der Waals surface area contributed by atoms with Crippen molar-refractivity contribution < 1.29 is 23.7 Å². The van der Waals surface area contributed by atoms with Gasteiger partial charge in [0.1, 0.15) is 29.7 Å². The minimum absolute atomic E-state index is 0.129. The Hall–Kier alpha value is -3.86. The molecule has 0 unspecified atom stereocenters. The summed E-state index contributed by atoms with van der Waals surface area (Å²) in [7, 11) is 4.40. The molecule has 35 heavy (non-hydrogen) atoms. The number of carbonyl (C=O) groups is 1. The van der Waals surface area contributed by atoms with Crippen molar-refractivity contribution >= 4 is 40.9 Å². The highest BCUT2D eigenvalue weighted by Gasteiger charge is 2.16. The highest BCUT2D eigenvalue weighted by Crippen LogP contribution is 2.36. The molecule has 3 aromatic carbocycles. The van der Waals surface area contributed by atoms with Crippen LogP contribution >= 0.6 is 23.2 Å². The number of carbonyl (C=O) groups excluding carboxylic acids is 1. The summed E-state index contributed by atoms with van der Waals surface area (Å²) < 4.78 is 21.7. The van der Waals surface area contributed by atoms with Gasteiger partial charge in [0, 0.05) is 17.2 Å². The Labute approximate surface area is 213 Å². The number of nitrogens with zero attached hydrogens (tertiary/aromatic N) is 1. The minimum Gasteiger partial charge on any atom is -0.495 e. The molecule has 1 amide bonds. The van der Waals surface area contributed by atoms with Crippen LogP contribution in [0.2, 0.25) is 10.0 Å². The van der Waals surface area contributed by atoms with Crippen LogP contribution in [0, 0.1) is 11.3 Å². The molecule has 0 spiro atoms. The van der Waals surface area contributed by atoms with E-state index in [9.17, 15) is 10.1 Å². The fourth-order valence-electron chi connectivity index (χ4n) is 3.14. The summed E-state index contributed by atoms with van der Waals surface area (Å²) in [4.78, 5) is 12.8. The van der Waals surface area contributed by atoms with Crippen LogP contribution in [-0.4, -0.2) is 27.2 Å². The van der Waals surface area contributed by atoms with Crippen molar-refractivity contribution in [3.05, 3.63) is 81.3 Å². The van der Waals surface area contributed by atoms with Gasteiger partial charge < -0.3 is 24.3 Å². The lowest BCUT2D eigenvalue weighted by molar-refractivity contribution is -0.112. The fraction of sp³-hybridized carbons (Fsp3) is 0.154. The van der Waals surface area contributed by atoms with Gasteiger partial charge in [-0.15, -0.1) is 0 Å². The fourth-order valence-corrected chi connectivity index (χ4v) is 3.59. The van der Waals surface area contributed by atoms with Gasteiger partial charge in [-0.05, 0) is 41.5 Å². The molecule has 0 aliphatic heterocycles. The van der Waals surface area contributed by atoms with Gasteiger partial charge in [-0.1, -0.05) is 41.4 Å². The first-order valence-electron chi connectivity index (χ1n) is 10.3. The minimum atomic E-state index is -0.629. The van der Waals surface area contributed by atoms with Gasteiger partial charge >= 0.3 is 0 Å². The molecular formula is C26H22Cl2N2O5. The molecule has 0 aliphatic rings. The number of hydrogen-bond acceptors (Lipinski definition) is 6. The van der Waals surface area contributed by atoms with E-state index in [0.29, 0.717) is 50.9 Å². The molecule has 3 rings (SSSR count). The molecule has 0 bridgehead atoms. The molecule has 0 aromatic heterocycles. The molecule has 9 heteroatoms. The molecule has 3 aromatic rings. The average molecular weight is 513 g/mol. The van der Waals surface area contributed by atoms with Gasteiger partial charge in [0.15, 0.2) is 11.5 Å². The second kappa shape index (κ2) is 12.0. The van der Waals surface area contributed by atoms with Gasteiger partial charge in [-0.3, -0.25) is 4.79 Å². The van der Waals surface area contributed by atoms with Crippen molar-refractivity contribution in [3.63, 3.8) is 0 Å². The number of methoxy groups -OCH3 is 3. The van der Waals surface area contributed by atoms with E-state index >= 15 is 0 Å². The zero-order valence-electron chi connectivity index (χ0n) is 19.2. The third-order valence-corrected chi connectivity index (χ3v) is 5.40. The van der Waals surface area contributed by atoms with E-state index in [1.54, 1.807) is 24.3 Å². The van der Waals surface area contributed by atoms with Crippen molar-refractivity contribution in [2.45, 2.75) is 6.61 Å². The standard InChI is InChI=1S/C26H22Cl2N2O5/c1-32-23-13-21(24(33-2)12-20(23)28)30-26(31)18(14-29)9-16-7-8-22(25(11-16)34-3)35-15-17-5-4-6-19(27)10-17/h4-13H,15H2,1-3H3,(H,30,31)/b18-9+. The summed E-state index contributed by atoms with van der Waals surface area (Å²) in [5.41, 5.74) is 1.66. The van der Waals surface area contributed by atoms with Crippen molar-refractivity contribution in [2.75, 3.05) is 26.6 Å². The highest BCUT2D eigenvalue weighted by molar-refractivity contribution is 6.32. The smallest absolute Gasteiger partial charge is 0.266 e. The number of nitrogens with one attached hydrogen (secondary N) is 1. The maximum atomic E-state index is 12.8. The van der Waals surface area contributed by atoms with Gasteiger partial charge in [-0.25, -0.2) is 0 Å². The average Bonchev–Trinajstić information content (AvgIpc) is 2.86. The van der Waals surface area contributed by atoms with Crippen LogP contribution in [0.25, 0.3) is 6.08 Å². The summed E-state index contributed by atoms with van der Waals surface area (Å²) in [5.74, 6) is 0.997. The quantitative estimate of drug-likeness (QED) is 0.273. The van der Waals surface area contributed by atoms with Crippen LogP contribution < -0.4 is 24.3 Å². The van der Waals surface area contributed by atoms with Crippen molar-refractivity contribution in [1.82, 2.24) is 0 Å². The van der Waals surface area contributed by atoms with Gasteiger partial charge in [0.05, 0.1) is 32.0 Å². The molecule has 0 heterocycles. The first kappa shape index (κ1) is 25.8. The molecular weight excluding hydrogens is 491 g/mol. The number of nitriles is 1. The Bertz CT molecular complexity index is 1300. The topological polar surface area (TPSA) is 89.8 Å². The number of rotatable bonds is 9. The first-order chi connectivity index (χ1) is 16.9. The van der Waals surface area contributed by atoms with E-state index in [4.69, 9.17) is 42.1 Å². The van der Waals surface area contributed by atoms with Crippen LogP contribution in [0.15, 0.2) is 60.2 Å². The summed E-state index contributed by atoms with van der Waals surface area (Å²) in [6.07, 6.45) is 1.44. The summed E-state index contributed by atoms with van der Waals surface area (Å²) in [5, 5.41) is 13.2. The van der Waals surface area contributed by atoms with Gasteiger partial charge in [-0.2, -0.15) is 5.26 Å². The number of halogens is 2. The molecule has 180 valence electrons. The Morgan fingerprint density at radius 3 is 2.34 bits per heavy atom. The van der Waals surface area contributed by atoms with Crippen LogP contribution in [-0.2, 0) is 11.4 Å². The lowest BCUT2D eigenvalue weighted by Gasteiger charge is -2.13.